The molecule has 0 radical (unpaired) electrons. The highest BCUT2D eigenvalue weighted by molar-refractivity contribution is 5.76. The first-order valence-electron chi connectivity index (χ1n) is 10.2. The van der Waals surface area contributed by atoms with Crippen LogP contribution >= 0.6 is 0 Å². The average Bonchev–Trinajstić information content (AvgIpc) is 2.73. The summed E-state index contributed by atoms with van der Waals surface area (Å²) in [5.41, 5.74) is 3.62. The average molecular weight is 382 g/mol. The van der Waals surface area contributed by atoms with Gasteiger partial charge in [-0.15, -0.1) is 0 Å². The monoisotopic (exact) mass is 381 g/mol. The van der Waals surface area contributed by atoms with Gasteiger partial charge in [-0.2, -0.15) is 0 Å². The molecule has 0 aliphatic carbocycles. The van der Waals surface area contributed by atoms with Crippen molar-refractivity contribution in [2.45, 2.75) is 44.9 Å². The van der Waals surface area contributed by atoms with Crippen LogP contribution in [-0.2, 0) is 21.4 Å². The Morgan fingerprint density at radius 1 is 1.07 bits per heavy atom. The number of hydrogen-bond acceptors (Lipinski definition) is 3. The lowest BCUT2D eigenvalue weighted by Gasteiger charge is -2.38. The van der Waals surface area contributed by atoms with Crippen LogP contribution in [0.2, 0.25) is 0 Å². The van der Waals surface area contributed by atoms with Crippen molar-refractivity contribution in [1.82, 2.24) is 5.32 Å². The van der Waals surface area contributed by atoms with E-state index in [1.165, 1.54) is 16.7 Å². The molecule has 0 saturated carbocycles. The number of rotatable bonds is 8. The zero-order chi connectivity index (χ0) is 19.8. The molecule has 0 bridgehead atoms. The Morgan fingerprint density at radius 2 is 1.75 bits per heavy atom. The summed E-state index contributed by atoms with van der Waals surface area (Å²) in [6.07, 6.45) is 3.11. The van der Waals surface area contributed by atoms with E-state index in [9.17, 15) is 4.79 Å². The van der Waals surface area contributed by atoms with Crippen LogP contribution in [0.15, 0.2) is 48.5 Å². The predicted octanol–water partition coefficient (Wildman–Crippen LogP) is 4.19. The summed E-state index contributed by atoms with van der Waals surface area (Å²) in [5, 5.41) is 3.19. The van der Waals surface area contributed by atoms with E-state index < -0.39 is 0 Å². The molecular weight excluding hydrogens is 350 g/mol. The van der Waals surface area contributed by atoms with E-state index in [1.54, 1.807) is 0 Å². The van der Waals surface area contributed by atoms with Gasteiger partial charge < -0.3 is 14.8 Å². The number of nitrogens with one attached hydrogen (secondary N) is 1. The number of aryl methyl sites for hydroxylation is 2. The predicted molar refractivity (Wildman–Crippen MR) is 112 cm³/mol. The fourth-order valence-corrected chi connectivity index (χ4v) is 3.77. The van der Waals surface area contributed by atoms with Crippen LogP contribution in [-0.4, -0.2) is 32.3 Å². The van der Waals surface area contributed by atoms with Crippen molar-refractivity contribution in [2.24, 2.45) is 0 Å². The molecule has 1 heterocycles. The Kier molecular flexibility index (Phi) is 7.10. The SMILES string of the molecule is CCOc1ccc(C2(CNC(=O)CCc3ccc(C)cc3)CCOCC2)cc1. The van der Waals surface area contributed by atoms with Crippen LogP contribution < -0.4 is 10.1 Å². The Morgan fingerprint density at radius 3 is 2.39 bits per heavy atom. The van der Waals surface area contributed by atoms with E-state index in [0.29, 0.717) is 19.6 Å². The zero-order valence-electron chi connectivity index (χ0n) is 17.0. The van der Waals surface area contributed by atoms with Crippen molar-refractivity contribution < 1.29 is 14.3 Å². The molecule has 1 N–H and O–H groups in total. The van der Waals surface area contributed by atoms with Crippen LogP contribution in [0.4, 0.5) is 0 Å². The summed E-state index contributed by atoms with van der Waals surface area (Å²) in [6, 6.07) is 16.7. The van der Waals surface area contributed by atoms with Gasteiger partial charge >= 0.3 is 0 Å². The van der Waals surface area contributed by atoms with Gasteiger partial charge in [0.15, 0.2) is 0 Å². The second-order valence-corrected chi connectivity index (χ2v) is 7.61. The largest absolute Gasteiger partial charge is 0.494 e. The lowest BCUT2D eigenvalue weighted by molar-refractivity contribution is -0.121. The molecule has 1 fully saturated rings. The number of amides is 1. The maximum absolute atomic E-state index is 12.5. The smallest absolute Gasteiger partial charge is 0.220 e. The highest BCUT2D eigenvalue weighted by Gasteiger charge is 2.34. The molecule has 150 valence electrons. The van der Waals surface area contributed by atoms with E-state index in [-0.39, 0.29) is 11.3 Å². The van der Waals surface area contributed by atoms with Gasteiger partial charge in [-0.25, -0.2) is 0 Å². The first kappa shape index (κ1) is 20.4. The molecule has 2 aromatic rings. The second-order valence-electron chi connectivity index (χ2n) is 7.61. The summed E-state index contributed by atoms with van der Waals surface area (Å²) < 4.78 is 11.2. The van der Waals surface area contributed by atoms with Crippen LogP contribution in [0.3, 0.4) is 0 Å². The Hall–Kier alpha value is -2.33. The maximum Gasteiger partial charge on any atom is 0.220 e. The first-order valence-corrected chi connectivity index (χ1v) is 10.2. The third kappa shape index (κ3) is 5.35. The summed E-state index contributed by atoms with van der Waals surface area (Å²) in [7, 11) is 0. The molecule has 0 atom stereocenters. The Balaban J connectivity index is 1.60. The molecular formula is C24H31NO3. The normalized spacial score (nSPS) is 15.8. The van der Waals surface area contributed by atoms with Crippen LogP contribution in [0.25, 0.3) is 0 Å². The van der Waals surface area contributed by atoms with Crippen molar-refractivity contribution in [3.63, 3.8) is 0 Å². The molecule has 0 aromatic heterocycles. The van der Waals surface area contributed by atoms with E-state index in [1.807, 2.05) is 19.1 Å². The van der Waals surface area contributed by atoms with Gasteiger partial charge in [0.2, 0.25) is 5.91 Å². The van der Waals surface area contributed by atoms with E-state index in [0.717, 1.165) is 38.2 Å². The minimum absolute atomic E-state index is 0.0670. The summed E-state index contributed by atoms with van der Waals surface area (Å²) in [4.78, 5) is 12.5. The van der Waals surface area contributed by atoms with E-state index in [2.05, 4.69) is 48.6 Å². The molecule has 1 amide bonds. The maximum atomic E-state index is 12.5. The fraction of sp³-hybridized carbons (Fsp3) is 0.458. The summed E-state index contributed by atoms with van der Waals surface area (Å²) >= 11 is 0. The number of hydrogen-bond donors (Lipinski definition) is 1. The minimum atomic E-state index is -0.0670. The number of benzene rings is 2. The van der Waals surface area contributed by atoms with Gasteiger partial charge in [0.25, 0.3) is 0 Å². The zero-order valence-corrected chi connectivity index (χ0v) is 17.0. The lowest BCUT2D eigenvalue weighted by Crippen LogP contribution is -2.44. The van der Waals surface area contributed by atoms with Gasteiger partial charge in [0.05, 0.1) is 6.61 Å². The number of ether oxygens (including phenoxy) is 2. The third-order valence-electron chi connectivity index (χ3n) is 5.61. The van der Waals surface area contributed by atoms with Gasteiger partial charge in [-0.1, -0.05) is 42.0 Å². The lowest BCUT2D eigenvalue weighted by atomic mass is 9.74. The highest BCUT2D eigenvalue weighted by atomic mass is 16.5. The van der Waals surface area contributed by atoms with Crippen LogP contribution in [0, 0.1) is 6.92 Å². The molecule has 3 rings (SSSR count). The molecule has 0 unspecified atom stereocenters. The van der Waals surface area contributed by atoms with Crippen molar-refractivity contribution >= 4 is 5.91 Å². The van der Waals surface area contributed by atoms with Crippen LogP contribution in [0.5, 0.6) is 5.75 Å². The van der Waals surface area contributed by atoms with Crippen LogP contribution in [0.1, 0.15) is 42.9 Å². The van der Waals surface area contributed by atoms with Crippen molar-refractivity contribution in [1.29, 1.82) is 0 Å². The van der Waals surface area contributed by atoms with Crippen molar-refractivity contribution in [3.05, 3.63) is 65.2 Å². The molecule has 1 aliphatic rings. The van der Waals surface area contributed by atoms with Gasteiger partial charge in [0, 0.05) is 31.6 Å². The van der Waals surface area contributed by atoms with E-state index in [4.69, 9.17) is 9.47 Å². The van der Waals surface area contributed by atoms with Gasteiger partial charge in [-0.3, -0.25) is 4.79 Å². The second kappa shape index (κ2) is 9.74. The molecule has 28 heavy (non-hydrogen) atoms. The molecule has 0 spiro atoms. The van der Waals surface area contributed by atoms with Crippen molar-refractivity contribution in [2.75, 3.05) is 26.4 Å². The molecule has 1 aliphatic heterocycles. The third-order valence-corrected chi connectivity index (χ3v) is 5.61. The standard InChI is InChI=1S/C24H31NO3/c1-3-28-22-11-9-21(10-12-22)24(14-16-27-17-15-24)18-25-23(26)13-8-20-6-4-19(2)5-7-20/h4-7,9-12H,3,8,13-18H2,1-2H3,(H,25,26). The molecule has 2 aromatic carbocycles. The minimum Gasteiger partial charge on any atom is -0.494 e. The summed E-state index contributed by atoms with van der Waals surface area (Å²) in [6.45, 7) is 6.83. The molecule has 1 saturated heterocycles. The fourth-order valence-electron chi connectivity index (χ4n) is 3.77. The quantitative estimate of drug-likeness (QED) is 0.746. The number of carbonyl (C=O) groups is 1. The summed E-state index contributed by atoms with van der Waals surface area (Å²) in [5.74, 6) is 0.993. The van der Waals surface area contributed by atoms with Gasteiger partial charge in [-0.05, 0) is 56.4 Å². The van der Waals surface area contributed by atoms with Gasteiger partial charge in [0.1, 0.15) is 5.75 Å². The topological polar surface area (TPSA) is 47.6 Å². The van der Waals surface area contributed by atoms with E-state index >= 15 is 0 Å². The first-order chi connectivity index (χ1) is 13.6. The highest BCUT2D eigenvalue weighted by Crippen LogP contribution is 2.35. The molecule has 4 heteroatoms. The Labute approximate surface area is 168 Å². The molecule has 4 nitrogen and oxygen atoms in total. The Bertz CT molecular complexity index is 746. The van der Waals surface area contributed by atoms with Crippen molar-refractivity contribution in [3.8, 4) is 5.75 Å². The number of carbonyl (C=O) groups excluding carboxylic acids is 1.